The molecular weight excluding hydrogens is 509 g/mol. The van der Waals surface area contributed by atoms with Crippen LogP contribution in [0.15, 0.2) is 36.4 Å². The highest BCUT2D eigenvalue weighted by atomic mass is 127. The molecule has 158 valence electrons. The molecule has 7 heteroatoms. The summed E-state index contributed by atoms with van der Waals surface area (Å²) in [6, 6.07) is 12.0. The van der Waals surface area contributed by atoms with Crippen LogP contribution in [-0.4, -0.2) is 55.2 Å². The molecule has 1 aromatic heterocycles. The number of fused-ring (bicyclic) bond motifs is 1. The van der Waals surface area contributed by atoms with E-state index in [0.29, 0.717) is 6.54 Å². The van der Waals surface area contributed by atoms with Crippen molar-refractivity contribution in [3.8, 4) is 0 Å². The standard InChI is InChI=1S/C23H26IN3O2S/c1-16-8-9-20-21(17(16)2)25-23(30-20)27(11-5-10-26-12-14-29-15-13-26)22(28)18-6-3-4-7-19(18)24/h3-4,6-9H,5,10-15H2,1-2H3. The number of hydrogen-bond donors (Lipinski definition) is 0. The molecule has 0 radical (unpaired) electrons. The molecule has 3 aromatic rings. The van der Waals surface area contributed by atoms with E-state index >= 15 is 0 Å². The zero-order chi connectivity index (χ0) is 21.1. The fraction of sp³-hybridized carbons (Fsp3) is 0.391. The first-order chi connectivity index (χ1) is 14.5. The number of ether oxygens (including phenoxy) is 1. The molecular formula is C23H26IN3O2S. The monoisotopic (exact) mass is 535 g/mol. The van der Waals surface area contributed by atoms with E-state index in [2.05, 4.69) is 53.5 Å². The zero-order valence-electron chi connectivity index (χ0n) is 17.4. The van der Waals surface area contributed by atoms with Crippen molar-refractivity contribution in [3.63, 3.8) is 0 Å². The van der Waals surface area contributed by atoms with Crippen molar-refractivity contribution < 1.29 is 9.53 Å². The lowest BCUT2D eigenvalue weighted by Gasteiger charge is -2.27. The Morgan fingerprint density at radius 1 is 1.20 bits per heavy atom. The first-order valence-corrected chi connectivity index (χ1v) is 12.2. The number of benzene rings is 2. The normalized spacial score (nSPS) is 14.9. The minimum Gasteiger partial charge on any atom is -0.379 e. The number of thiazole rings is 1. The average molecular weight is 535 g/mol. The van der Waals surface area contributed by atoms with Gasteiger partial charge in [0.15, 0.2) is 5.13 Å². The molecule has 2 heterocycles. The van der Waals surface area contributed by atoms with E-state index in [9.17, 15) is 4.79 Å². The lowest BCUT2D eigenvalue weighted by atomic mass is 10.1. The Morgan fingerprint density at radius 3 is 2.73 bits per heavy atom. The van der Waals surface area contributed by atoms with Gasteiger partial charge in [-0.1, -0.05) is 29.5 Å². The van der Waals surface area contributed by atoms with Crippen molar-refractivity contribution >= 4 is 55.2 Å². The van der Waals surface area contributed by atoms with Crippen LogP contribution < -0.4 is 4.90 Å². The van der Waals surface area contributed by atoms with E-state index < -0.39 is 0 Å². The fourth-order valence-electron chi connectivity index (χ4n) is 3.67. The number of anilines is 1. The summed E-state index contributed by atoms with van der Waals surface area (Å²) in [5.41, 5.74) is 4.15. The Kier molecular flexibility index (Phi) is 7.02. The van der Waals surface area contributed by atoms with Crippen LogP contribution in [0.25, 0.3) is 10.2 Å². The van der Waals surface area contributed by atoms with Crippen molar-refractivity contribution in [1.82, 2.24) is 9.88 Å². The predicted molar refractivity (Wildman–Crippen MR) is 132 cm³/mol. The van der Waals surface area contributed by atoms with Gasteiger partial charge < -0.3 is 4.74 Å². The van der Waals surface area contributed by atoms with E-state index in [1.54, 1.807) is 11.3 Å². The quantitative estimate of drug-likeness (QED) is 0.422. The van der Waals surface area contributed by atoms with Gasteiger partial charge in [0.25, 0.3) is 5.91 Å². The summed E-state index contributed by atoms with van der Waals surface area (Å²) in [4.78, 5) is 22.7. The summed E-state index contributed by atoms with van der Waals surface area (Å²) >= 11 is 3.84. The van der Waals surface area contributed by atoms with Gasteiger partial charge in [-0.25, -0.2) is 4.98 Å². The minimum absolute atomic E-state index is 0.0235. The summed E-state index contributed by atoms with van der Waals surface area (Å²) < 4.78 is 7.54. The number of amides is 1. The molecule has 0 unspecified atom stereocenters. The first-order valence-electron chi connectivity index (χ1n) is 10.3. The summed E-state index contributed by atoms with van der Waals surface area (Å²) in [5.74, 6) is 0.0235. The average Bonchev–Trinajstić information content (AvgIpc) is 3.19. The number of rotatable bonds is 6. The van der Waals surface area contributed by atoms with Crippen LogP contribution in [0.3, 0.4) is 0 Å². The molecule has 30 heavy (non-hydrogen) atoms. The third kappa shape index (κ3) is 4.69. The van der Waals surface area contributed by atoms with Crippen molar-refractivity contribution in [3.05, 3.63) is 56.7 Å². The number of aryl methyl sites for hydroxylation is 2. The van der Waals surface area contributed by atoms with Crippen LogP contribution in [0, 0.1) is 17.4 Å². The smallest absolute Gasteiger partial charge is 0.261 e. The Hall–Kier alpha value is -1.55. The molecule has 1 fully saturated rings. The molecule has 0 bridgehead atoms. The Bertz CT molecular complexity index is 1050. The van der Waals surface area contributed by atoms with Gasteiger partial charge in [0.2, 0.25) is 0 Å². The molecule has 5 nitrogen and oxygen atoms in total. The molecule has 0 saturated carbocycles. The van der Waals surface area contributed by atoms with E-state index in [4.69, 9.17) is 9.72 Å². The Balaban J connectivity index is 1.62. The van der Waals surface area contributed by atoms with Gasteiger partial charge >= 0.3 is 0 Å². The fourth-order valence-corrected chi connectivity index (χ4v) is 5.34. The number of hydrogen-bond acceptors (Lipinski definition) is 5. The summed E-state index contributed by atoms with van der Waals surface area (Å²) in [5, 5.41) is 0.783. The van der Waals surface area contributed by atoms with Gasteiger partial charge in [-0.2, -0.15) is 0 Å². The highest BCUT2D eigenvalue weighted by Gasteiger charge is 2.23. The van der Waals surface area contributed by atoms with Gasteiger partial charge in [0.05, 0.1) is 29.0 Å². The van der Waals surface area contributed by atoms with Gasteiger partial charge in [-0.15, -0.1) is 0 Å². The third-order valence-electron chi connectivity index (χ3n) is 5.61. The lowest BCUT2D eigenvalue weighted by Crippen LogP contribution is -2.39. The molecule has 1 aliphatic heterocycles. The molecule has 1 aliphatic rings. The number of nitrogens with zero attached hydrogens (tertiary/aromatic N) is 3. The van der Waals surface area contributed by atoms with Crippen LogP contribution in [0.2, 0.25) is 0 Å². The number of morpholine rings is 1. The van der Waals surface area contributed by atoms with Gasteiger partial charge in [-0.05, 0) is 72.2 Å². The second-order valence-corrected chi connectivity index (χ2v) is 9.77. The second-order valence-electron chi connectivity index (χ2n) is 7.59. The number of carbonyl (C=O) groups is 1. The Labute approximate surface area is 195 Å². The van der Waals surface area contributed by atoms with E-state index in [1.807, 2.05) is 29.2 Å². The van der Waals surface area contributed by atoms with Crippen LogP contribution in [0.5, 0.6) is 0 Å². The largest absolute Gasteiger partial charge is 0.379 e. The number of aromatic nitrogens is 1. The molecule has 1 saturated heterocycles. The summed E-state index contributed by atoms with van der Waals surface area (Å²) in [6.07, 6.45) is 0.906. The molecule has 0 spiro atoms. The molecule has 2 aromatic carbocycles. The number of carbonyl (C=O) groups excluding carboxylic acids is 1. The summed E-state index contributed by atoms with van der Waals surface area (Å²) in [7, 11) is 0. The van der Waals surface area contributed by atoms with Gasteiger partial charge in [-0.3, -0.25) is 14.6 Å². The SMILES string of the molecule is Cc1ccc2sc(N(CCCN3CCOCC3)C(=O)c3ccccc3I)nc2c1C. The van der Waals surface area contributed by atoms with E-state index in [0.717, 1.165) is 63.8 Å². The maximum Gasteiger partial charge on any atom is 0.261 e. The van der Waals surface area contributed by atoms with Crippen molar-refractivity contribution in [2.75, 3.05) is 44.3 Å². The molecule has 1 amide bonds. The third-order valence-corrected chi connectivity index (χ3v) is 7.60. The molecule has 4 rings (SSSR count). The zero-order valence-corrected chi connectivity index (χ0v) is 20.3. The first kappa shape index (κ1) is 21.7. The van der Waals surface area contributed by atoms with Crippen LogP contribution in [-0.2, 0) is 4.74 Å². The molecule has 0 atom stereocenters. The van der Waals surface area contributed by atoms with E-state index in [-0.39, 0.29) is 5.91 Å². The van der Waals surface area contributed by atoms with E-state index in [1.165, 1.54) is 11.1 Å². The molecule has 0 aliphatic carbocycles. The minimum atomic E-state index is 0.0235. The lowest BCUT2D eigenvalue weighted by molar-refractivity contribution is 0.0376. The Morgan fingerprint density at radius 2 is 1.97 bits per heavy atom. The predicted octanol–water partition coefficient (Wildman–Crippen LogP) is 4.89. The van der Waals surface area contributed by atoms with Crippen LogP contribution >= 0.6 is 33.9 Å². The van der Waals surface area contributed by atoms with Crippen LogP contribution in [0.4, 0.5) is 5.13 Å². The molecule has 0 N–H and O–H groups in total. The van der Waals surface area contributed by atoms with Gasteiger partial charge in [0, 0.05) is 29.7 Å². The summed E-state index contributed by atoms with van der Waals surface area (Å²) in [6.45, 7) is 9.33. The topological polar surface area (TPSA) is 45.7 Å². The second kappa shape index (κ2) is 9.72. The highest BCUT2D eigenvalue weighted by Crippen LogP contribution is 2.33. The van der Waals surface area contributed by atoms with Crippen molar-refractivity contribution in [2.24, 2.45) is 0 Å². The van der Waals surface area contributed by atoms with Crippen LogP contribution in [0.1, 0.15) is 27.9 Å². The van der Waals surface area contributed by atoms with Gasteiger partial charge in [0.1, 0.15) is 0 Å². The van der Waals surface area contributed by atoms with Crippen molar-refractivity contribution in [2.45, 2.75) is 20.3 Å². The number of halogens is 1. The maximum atomic E-state index is 13.5. The van der Waals surface area contributed by atoms with Crippen molar-refractivity contribution in [1.29, 1.82) is 0 Å². The highest BCUT2D eigenvalue weighted by molar-refractivity contribution is 14.1. The maximum absolute atomic E-state index is 13.5.